The third-order valence-corrected chi connectivity index (χ3v) is 16.5. The van der Waals surface area contributed by atoms with Crippen molar-refractivity contribution in [3.8, 4) is 0 Å². The standard InChI is InChI=1S/C75H139NO5/c1-3-5-7-9-11-13-15-17-19-21-32-37-41-45-49-53-57-61-65-69-75(80)81-70-66-62-58-54-50-46-42-38-34-31-29-27-25-23-24-26-28-30-33-36-40-44-48-52-56-60-64-68-74(79)76-72(71-77)73(78)67-63-59-55-51-47-43-39-35-22-20-18-16-14-12-10-8-6-4-2/h11,13,17,19,23-24,27,29,63,67,72-73,77-78H,3-10,12,14-16,18,20-22,25-26,28,30-62,64-66,68-71H2,1-2H3,(H,76,79)/b13-11-,19-17-,24-23-,29-27-,67-63+. The van der Waals surface area contributed by atoms with Crippen LogP contribution in [0.15, 0.2) is 60.8 Å². The highest BCUT2D eigenvalue weighted by molar-refractivity contribution is 5.76. The zero-order chi connectivity index (χ0) is 58.5. The van der Waals surface area contributed by atoms with Gasteiger partial charge in [0.2, 0.25) is 5.91 Å². The number of carbonyl (C=O) groups is 2. The van der Waals surface area contributed by atoms with Crippen molar-refractivity contribution in [1.29, 1.82) is 0 Å². The minimum absolute atomic E-state index is 0.00646. The first kappa shape index (κ1) is 78.6. The van der Waals surface area contributed by atoms with Crippen LogP contribution in [0, 0.1) is 0 Å². The molecule has 0 aromatic heterocycles. The fourth-order valence-corrected chi connectivity index (χ4v) is 11.0. The number of aliphatic hydroxyl groups is 2. The van der Waals surface area contributed by atoms with Crippen LogP contribution in [-0.4, -0.2) is 47.4 Å². The number of allylic oxidation sites excluding steroid dienone is 9. The highest BCUT2D eigenvalue weighted by atomic mass is 16.5. The number of amides is 1. The number of unbranched alkanes of at least 4 members (excludes halogenated alkanes) is 48. The van der Waals surface area contributed by atoms with Gasteiger partial charge in [0.05, 0.1) is 25.4 Å². The van der Waals surface area contributed by atoms with Gasteiger partial charge in [-0.1, -0.05) is 331 Å². The van der Waals surface area contributed by atoms with Gasteiger partial charge in [-0.25, -0.2) is 0 Å². The highest BCUT2D eigenvalue weighted by Gasteiger charge is 2.18. The first-order valence-corrected chi connectivity index (χ1v) is 36.1. The van der Waals surface area contributed by atoms with E-state index in [1.165, 1.54) is 295 Å². The van der Waals surface area contributed by atoms with Crippen molar-refractivity contribution in [1.82, 2.24) is 5.32 Å². The predicted molar refractivity (Wildman–Crippen MR) is 356 cm³/mol. The zero-order valence-corrected chi connectivity index (χ0v) is 54.3. The van der Waals surface area contributed by atoms with Crippen molar-refractivity contribution in [2.45, 2.75) is 392 Å². The molecular weight excluding hydrogens is 995 g/mol. The van der Waals surface area contributed by atoms with Gasteiger partial charge in [-0.2, -0.15) is 0 Å². The van der Waals surface area contributed by atoms with E-state index in [1.807, 2.05) is 6.08 Å². The molecule has 0 aliphatic carbocycles. The molecule has 0 saturated carbocycles. The summed E-state index contributed by atoms with van der Waals surface area (Å²) in [4.78, 5) is 24.6. The number of rotatable bonds is 67. The average Bonchev–Trinajstić information content (AvgIpc) is 3.47. The Hall–Kier alpha value is -2.44. The first-order chi connectivity index (χ1) is 40.0. The van der Waals surface area contributed by atoms with Crippen LogP contribution in [0.4, 0.5) is 0 Å². The molecule has 3 N–H and O–H groups in total. The van der Waals surface area contributed by atoms with E-state index >= 15 is 0 Å². The van der Waals surface area contributed by atoms with Gasteiger partial charge in [0.25, 0.3) is 0 Å². The molecule has 0 aliphatic heterocycles. The fraction of sp³-hybridized carbons (Fsp3) is 0.840. The Morgan fingerprint density at radius 3 is 0.963 bits per heavy atom. The molecule has 0 aromatic carbocycles. The van der Waals surface area contributed by atoms with Gasteiger partial charge in [0, 0.05) is 12.8 Å². The normalized spacial score (nSPS) is 12.9. The van der Waals surface area contributed by atoms with Crippen LogP contribution in [-0.2, 0) is 14.3 Å². The second-order valence-corrected chi connectivity index (χ2v) is 24.6. The summed E-state index contributed by atoms with van der Waals surface area (Å²) >= 11 is 0. The minimum Gasteiger partial charge on any atom is -0.466 e. The highest BCUT2D eigenvalue weighted by Crippen LogP contribution is 2.18. The number of aliphatic hydroxyl groups excluding tert-OH is 2. The molecule has 0 saturated heterocycles. The zero-order valence-electron chi connectivity index (χ0n) is 54.3. The summed E-state index contributed by atoms with van der Waals surface area (Å²) in [7, 11) is 0. The van der Waals surface area contributed by atoms with E-state index in [0.29, 0.717) is 19.4 Å². The largest absolute Gasteiger partial charge is 0.466 e. The number of carbonyl (C=O) groups excluding carboxylic acids is 2. The quantitative estimate of drug-likeness (QED) is 0.0320. The van der Waals surface area contributed by atoms with Crippen molar-refractivity contribution in [2.75, 3.05) is 13.2 Å². The topological polar surface area (TPSA) is 95.9 Å². The van der Waals surface area contributed by atoms with E-state index < -0.39 is 12.1 Å². The van der Waals surface area contributed by atoms with Crippen molar-refractivity contribution in [3.05, 3.63) is 60.8 Å². The van der Waals surface area contributed by atoms with Crippen LogP contribution in [0.5, 0.6) is 0 Å². The summed E-state index contributed by atoms with van der Waals surface area (Å²) in [6, 6.07) is -0.632. The maximum absolute atomic E-state index is 12.5. The smallest absolute Gasteiger partial charge is 0.305 e. The molecule has 1 amide bonds. The molecule has 2 unspecified atom stereocenters. The lowest BCUT2D eigenvalue weighted by Gasteiger charge is -2.20. The molecule has 0 spiro atoms. The van der Waals surface area contributed by atoms with Gasteiger partial charge in [-0.15, -0.1) is 0 Å². The van der Waals surface area contributed by atoms with Crippen molar-refractivity contribution >= 4 is 11.9 Å². The lowest BCUT2D eigenvalue weighted by molar-refractivity contribution is -0.143. The maximum Gasteiger partial charge on any atom is 0.305 e. The molecule has 2 atom stereocenters. The maximum atomic E-state index is 12.5. The second kappa shape index (κ2) is 70.0. The number of nitrogens with one attached hydrogen (secondary N) is 1. The van der Waals surface area contributed by atoms with Gasteiger partial charge in [-0.05, 0) is 96.3 Å². The lowest BCUT2D eigenvalue weighted by atomic mass is 10.0. The molecule has 0 aliphatic rings. The van der Waals surface area contributed by atoms with Crippen LogP contribution < -0.4 is 5.32 Å². The van der Waals surface area contributed by atoms with Gasteiger partial charge in [0.15, 0.2) is 0 Å². The van der Waals surface area contributed by atoms with Gasteiger partial charge < -0.3 is 20.3 Å². The minimum atomic E-state index is -0.848. The number of hydrogen-bond donors (Lipinski definition) is 3. The Labute approximate surface area is 505 Å². The predicted octanol–water partition coefficient (Wildman–Crippen LogP) is 23.4. The summed E-state index contributed by atoms with van der Waals surface area (Å²) in [5.41, 5.74) is 0. The summed E-state index contributed by atoms with van der Waals surface area (Å²) in [5.74, 6) is -0.0626. The third-order valence-electron chi connectivity index (χ3n) is 16.5. The van der Waals surface area contributed by atoms with E-state index in [1.54, 1.807) is 6.08 Å². The van der Waals surface area contributed by atoms with Crippen molar-refractivity contribution < 1.29 is 24.5 Å². The Kier molecular flexibility index (Phi) is 67.9. The molecule has 0 heterocycles. The Balaban J connectivity index is 3.43. The van der Waals surface area contributed by atoms with E-state index in [0.717, 1.165) is 57.8 Å². The lowest BCUT2D eigenvalue weighted by Crippen LogP contribution is -2.45. The van der Waals surface area contributed by atoms with Crippen LogP contribution in [0.3, 0.4) is 0 Å². The van der Waals surface area contributed by atoms with E-state index in [9.17, 15) is 19.8 Å². The molecule has 0 rings (SSSR count). The number of esters is 1. The molecule has 0 bridgehead atoms. The second-order valence-electron chi connectivity index (χ2n) is 24.6. The van der Waals surface area contributed by atoms with Crippen LogP contribution >= 0.6 is 0 Å². The van der Waals surface area contributed by atoms with Crippen LogP contribution in [0.25, 0.3) is 0 Å². The van der Waals surface area contributed by atoms with Gasteiger partial charge in [0.1, 0.15) is 0 Å². The van der Waals surface area contributed by atoms with Crippen molar-refractivity contribution in [2.24, 2.45) is 0 Å². The SMILES string of the molecule is CCCCC/C=C\C/C=C\CCCCCCCCCCCC(=O)OCCCCCCCCCCC/C=C\C/C=C\CCCCCCCCCCCCCC(=O)NC(CO)C(O)/C=C/CCCCCCCCCCCCCCCCCC. The van der Waals surface area contributed by atoms with Crippen molar-refractivity contribution in [3.63, 3.8) is 0 Å². The van der Waals surface area contributed by atoms with Gasteiger partial charge >= 0.3 is 5.97 Å². The van der Waals surface area contributed by atoms with Gasteiger partial charge in [-0.3, -0.25) is 9.59 Å². The monoisotopic (exact) mass is 1130 g/mol. The summed E-state index contributed by atoms with van der Waals surface area (Å²) in [5, 5.41) is 23.2. The van der Waals surface area contributed by atoms with Crippen LogP contribution in [0.1, 0.15) is 380 Å². The fourth-order valence-electron chi connectivity index (χ4n) is 11.0. The average molecular weight is 1130 g/mol. The Bertz CT molecular complexity index is 1400. The Morgan fingerprint density at radius 1 is 0.346 bits per heavy atom. The Morgan fingerprint density at radius 2 is 0.617 bits per heavy atom. The molecule has 81 heavy (non-hydrogen) atoms. The molecule has 0 fully saturated rings. The summed E-state index contributed by atoms with van der Waals surface area (Å²) in [6.45, 7) is 4.90. The first-order valence-electron chi connectivity index (χ1n) is 36.1. The summed E-state index contributed by atoms with van der Waals surface area (Å²) < 4.78 is 5.50. The third kappa shape index (κ3) is 66.6. The molecular formula is C75H139NO5. The van der Waals surface area contributed by atoms with E-state index in [-0.39, 0.29) is 18.5 Å². The molecule has 6 nitrogen and oxygen atoms in total. The van der Waals surface area contributed by atoms with Crippen LogP contribution in [0.2, 0.25) is 0 Å². The van der Waals surface area contributed by atoms with E-state index in [4.69, 9.17) is 4.74 Å². The molecule has 0 aromatic rings. The molecule has 6 heteroatoms. The molecule has 0 radical (unpaired) electrons. The van der Waals surface area contributed by atoms with E-state index in [2.05, 4.69) is 67.8 Å². The summed E-state index contributed by atoms with van der Waals surface area (Å²) in [6.07, 6.45) is 93.0. The number of hydrogen-bond acceptors (Lipinski definition) is 5. The molecule has 474 valence electrons. The number of ether oxygens (including phenoxy) is 1.